The van der Waals surface area contributed by atoms with Crippen LogP contribution in [0.2, 0.25) is 0 Å². The van der Waals surface area contributed by atoms with E-state index in [9.17, 15) is 4.79 Å². The van der Waals surface area contributed by atoms with E-state index in [2.05, 4.69) is 0 Å². The number of carbonyl (C=O) groups is 1. The summed E-state index contributed by atoms with van der Waals surface area (Å²) >= 11 is 0. The molecule has 0 aromatic heterocycles. The van der Waals surface area contributed by atoms with Crippen LogP contribution in [0.3, 0.4) is 0 Å². The van der Waals surface area contributed by atoms with E-state index in [1.54, 1.807) is 0 Å². The molecule has 0 aliphatic heterocycles. The fourth-order valence-electron chi connectivity index (χ4n) is 0. The van der Waals surface area contributed by atoms with Gasteiger partial charge in [0.2, 0.25) is 0 Å². The molecule has 6 heavy (non-hydrogen) atoms. The van der Waals surface area contributed by atoms with Gasteiger partial charge in [-0.1, -0.05) is 0 Å². The molecule has 0 aromatic carbocycles. The van der Waals surface area contributed by atoms with Crippen molar-refractivity contribution in [3.63, 3.8) is 0 Å². The first kappa shape index (κ1) is 5.43. The van der Waals surface area contributed by atoms with Gasteiger partial charge < -0.3 is 10.8 Å². The van der Waals surface area contributed by atoms with Gasteiger partial charge in [0.1, 0.15) is 6.04 Å². The van der Waals surface area contributed by atoms with Crippen LogP contribution in [0.4, 0.5) is 0 Å². The molecule has 0 unspecified atom stereocenters. The number of rotatable bonds is 1. The highest BCUT2D eigenvalue weighted by Crippen LogP contribution is 1.68. The van der Waals surface area contributed by atoms with Crippen molar-refractivity contribution in [1.29, 1.82) is 0 Å². The summed E-state index contributed by atoms with van der Waals surface area (Å²) in [7, 11) is 0. The zero-order valence-electron chi connectivity index (χ0n) is 3.51. The summed E-state index contributed by atoms with van der Waals surface area (Å²) < 4.78 is 0. The average Bonchev–Trinajstić information content (AvgIpc) is 1.36. The van der Waals surface area contributed by atoms with Crippen LogP contribution in [0.1, 0.15) is 6.92 Å². The Morgan fingerprint density at radius 3 is 2.17 bits per heavy atom. The molecule has 3 nitrogen and oxygen atoms in total. The molecule has 0 amide bonds. The van der Waals surface area contributed by atoms with Crippen molar-refractivity contribution in [2.75, 3.05) is 0 Å². The lowest BCUT2D eigenvalue weighted by Crippen LogP contribution is -2.25. The van der Waals surface area contributed by atoms with E-state index in [1.165, 1.54) is 6.92 Å². The van der Waals surface area contributed by atoms with Gasteiger partial charge in [-0.15, -0.1) is 0 Å². The van der Waals surface area contributed by atoms with Crippen LogP contribution in [0.5, 0.6) is 0 Å². The number of carboxylic acids is 1. The van der Waals surface area contributed by atoms with Crippen molar-refractivity contribution in [1.82, 2.24) is 0 Å². The van der Waals surface area contributed by atoms with Gasteiger partial charge in [-0.2, -0.15) is 0 Å². The van der Waals surface area contributed by atoms with Crippen LogP contribution in [-0.4, -0.2) is 17.1 Å². The minimum Gasteiger partial charge on any atom is -0.480 e. The van der Waals surface area contributed by atoms with Gasteiger partial charge in [0.15, 0.2) is 0 Å². The maximum absolute atomic E-state index is 9.57. The SMILES string of the molecule is [13CH3][C@@H]([15NH2])[13C](=O)O. The van der Waals surface area contributed by atoms with E-state index in [0.717, 1.165) is 0 Å². The zero-order chi connectivity index (χ0) is 5.15. The smallest absolute Gasteiger partial charge is 0.320 e. The van der Waals surface area contributed by atoms with Crippen molar-refractivity contribution in [3.8, 4) is 0 Å². The Kier molecular flexibility index (Phi) is 1.60. The lowest BCUT2D eigenvalue weighted by molar-refractivity contribution is -0.138. The summed E-state index contributed by atoms with van der Waals surface area (Å²) in [6, 6.07) is -0.731. The predicted molar refractivity (Wildman–Crippen MR) is 21.3 cm³/mol. The van der Waals surface area contributed by atoms with Gasteiger partial charge in [0.05, 0.1) is 0 Å². The topological polar surface area (TPSA) is 63.3 Å². The Morgan fingerprint density at radius 2 is 2.17 bits per heavy atom. The first-order valence-electron chi connectivity index (χ1n) is 1.63. The van der Waals surface area contributed by atoms with Crippen LogP contribution < -0.4 is 5.73 Å². The molecule has 0 heterocycles. The summed E-state index contributed by atoms with van der Waals surface area (Å²) in [4.78, 5) is 9.57. The average molecular weight is 92.1 g/mol. The Hall–Kier alpha value is -0.570. The Balaban J connectivity index is 3.26. The van der Waals surface area contributed by atoms with E-state index in [-0.39, 0.29) is 0 Å². The minimum atomic E-state index is -0.963. The molecule has 0 aliphatic rings. The van der Waals surface area contributed by atoms with E-state index < -0.39 is 12.0 Å². The lowest BCUT2D eigenvalue weighted by Gasteiger charge is -1.90. The van der Waals surface area contributed by atoms with Crippen molar-refractivity contribution < 1.29 is 9.90 Å². The Labute approximate surface area is 35.8 Å². The maximum Gasteiger partial charge on any atom is 0.320 e. The van der Waals surface area contributed by atoms with Crippen LogP contribution >= 0.6 is 0 Å². The highest BCUT2D eigenvalue weighted by molar-refractivity contribution is 5.72. The van der Waals surface area contributed by atoms with Gasteiger partial charge >= 0.3 is 5.97 Å². The number of aliphatic carboxylic acids is 1. The molecule has 0 saturated carbocycles. The second kappa shape index (κ2) is 1.77. The zero-order valence-corrected chi connectivity index (χ0v) is 3.51. The van der Waals surface area contributed by atoms with E-state index >= 15 is 0 Å². The number of hydrogen-bond donors (Lipinski definition) is 2. The fraction of sp³-hybridized carbons (Fsp3) is 0.667. The summed E-state index contributed by atoms with van der Waals surface area (Å²) in [6.45, 7) is 1.42. The monoisotopic (exact) mass is 92.1 g/mol. The van der Waals surface area contributed by atoms with Crippen LogP contribution in [0.15, 0.2) is 0 Å². The molecule has 3 N–H and O–H groups in total. The number of hydrogen-bond acceptors (Lipinski definition) is 2. The molecule has 1 atom stereocenters. The molecule has 3 heteroatoms. The quantitative estimate of drug-likeness (QED) is 0.336. The molecule has 0 fully saturated rings. The molecule has 0 bridgehead atoms. The lowest BCUT2D eigenvalue weighted by atomic mass is 10.8. The first-order chi connectivity index (χ1) is 2.64. The van der Waals surface area contributed by atoms with Crippen molar-refractivity contribution >= 4 is 5.97 Å². The number of carboxylic acid groups (broad SMARTS) is 1. The summed E-state index contributed by atoms with van der Waals surface area (Å²) in [5, 5.41) is 7.87. The third-order valence-electron chi connectivity index (χ3n) is 0.390. The Morgan fingerprint density at radius 1 is 2.00 bits per heavy atom. The summed E-state index contributed by atoms with van der Waals surface area (Å²) in [5.41, 5.74) is 4.84. The highest BCUT2D eigenvalue weighted by atomic mass is 16.5. The molecule has 0 rings (SSSR count). The fourth-order valence-corrected chi connectivity index (χ4v) is 0. The number of nitrogens with two attached hydrogens (primary N) is 1. The molecule has 0 aromatic rings. The molecule has 0 radical (unpaired) electrons. The molecule has 36 valence electrons. The van der Waals surface area contributed by atoms with Crippen molar-refractivity contribution in [3.05, 3.63) is 0 Å². The van der Waals surface area contributed by atoms with Crippen LogP contribution in [0, 0.1) is 0 Å². The van der Waals surface area contributed by atoms with Crippen LogP contribution in [0.25, 0.3) is 0 Å². The van der Waals surface area contributed by atoms with Gasteiger partial charge in [-0.25, -0.2) is 0 Å². The van der Waals surface area contributed by atoms with E-state index in [0.29, 0.717) is 0 Å². The van der Waals surface area contributed by atoms with Gasteiger partial charge in [0, 0.05) is 0 Å². The molecular weight excluding hydrogens is 85.0 g/mol. The van der Waals surface area contributed by atoms with Crippen LogP contribution in [-0.2, 0) is 4.79 Å². The minimum absolute atomic E-state index is 0.731. The molecule has 0 spiro atoms. The molecular formula is C3H7NO2. The maximum atomic E-state index is 9.57. The van der Waals surface area contributed by atoms with E-state index in [4.69, 9.17) is 10.8 Å². The third-order valence-corrected chi connectivity index (χ3v) is 0.390. The standard InChI is InChI=1S/C3H7NO2/c1-2(4)3(5)6/h2H,4H2,1H3,(H,5,6)/t2-/m1/s1/i1+1,3+1,4+1. The van der Waals surface area contributed by atoms with Gasteiger partial charge in [0.25, 0.3) is 0 Å². The predicted octanol–water partition coefficient (Wildman–Crippen LogP) is -0.582. The Bertz CT molecular complexity index is 59.8. The van der Waals surface area contributed by atoms with Gasteiger partial charge in [-0.3, -0.25) is 4.79 Å². The third kappa shape index (κ3) is 1.72. The van der Waals surface area contributed by atoms with Crippen molar-refractivity contribution in [2.24, 2.45) is 5.73 Å². The summed E-state index contributed by atoms with van der Waals surface area (Å²) in [5.74, 6) is -0.963. The normalized spacial score (nSPS) is 13.7. The van der Waals surface area contributed by atoms with Gasteiger partial charge in [-0.05, 0) is 6.92 Å². The second-order valence-electron chi connectivity index (χ2n) is 1.13. The summed E-state index contributed by atoms with van der Waals surface area (Å²) in [6.07, 6.45) is 0. The first-order valence-corrected chi connectivity index (χ1v) is 1.63. The molecule has 0 aliphatic carbocycles. The van der Waals surface area contributed by atoms with E-state index in [1.807, 2.05) is 0 Å². The molecule has 0 saturated heterocycles. The van der Waals surface area contributed by atoms with Crippen molar-refractivity contribution in [2.45, 2.75) is 13.0 Å². The highest BCUT2D eigenvalue weighted by Gasteiger charge is 1.99. The largest absolute Gasteiger partial charge is 0.480 e. The second-order valence-corrected chi connectivity index (χ2v) is 1.13.